The molecule has 1 aromatic rings. The van der Waals surface area contributed by atoms with Gasteiger partial charge in [-0.25, -0.2) is 0 Å². The zero-order valence-electron chi connectivity index (χ0n) is 9.32. The van der Waals surface area contributed by atoms with Gasteiger partial charge in [0.1, 0.15) is 0 Å². The van der Waals surface area contributed by atoms with Gasteiger partial charge >= 0.3 is 0 Å². The van der Waals surface area contributed by atoms with Crippen LogP contribution in [0.4, 0.5) is 5.69 Å². The highest BCUT2D eigenvalue weighted by Crippen LogP contribution is 2.12. The Kier molecular flexibility index (Phi) is 3.92. The van der Waals surface area contributed by atoms with E-state index in [1.807, 2.05) is 43.3 Å². The Morgan fingerprint density at radius 2 is 1.87 bits per heavy atom. The molecule has 0 saturated heterocycles. The van der Waals surface area contributed by atoms with Gasteiger partial charge in [-0.05, 0) is 23.8 Å². The minimum atomic E-state index is -0.0910. The molecule has 3 nitrogen and oxygen atoms in total. The average Bonchev–Trinajstić information content (AvgIpc) is 2.26. The number of anilines is 1. The number of amides is 1. The van der Waals surface area contributed by atoms with Crippen molar-refractivity contribution in [2.75, 3.05) is 26.0 Å². The van der Waals surface area contributed by atoms with Crippen LogP contribution in [0.2, 0.25) is 0 Å². The number of nitrogens with zero attached hydrogens (tertiary/aromatic N) is 1. The van der Waals surface area contributed by atoms with E-state index in [-0.39, 0.29) is 5.91 Å². The van der Waals surface area contributed by atoms with Crippen LogP contribution in [0.25, 0.3) is 6.08 Å². The van der Waals surface area contributed by atoms with Gasteiger partial charge in [0.25, 0.3) is 0 Å². The Morgan fingerprint density at radius 3 is 2.33 bits per heavy atom. The Balaban J connectivity index is 2.72. The maximum atomic E-state index is 11.0. The van der Waals surface area contributed by atoms with Crippen LogP contribution in [0.1, 0.15) is 5.56 Å². The Hall–Kier alpha value is -1.77. The summed E-state index contributed by atoms with van der Waals surface area (Å²) in [6.07, 6.45) is 3.31. The highest BCUT2D eigenvalue weighted by Gasteiger charge is 1.94. The third-order valence-electron chi connectivity index (χ3n) is 2.08. The van der Waals surface area contributed by atoms with Crippen molar-refractivity contribution in [3.8, 4) is 0 Å². The number of hydrogen-bond donors (Lipinski definition) is 1. The molecule has 0 heterocycles. The minimum absolute atomic E-state index is 0.0910. The van der Waals surface area contributed by atoms with Crippen molar-refractivity contribution in [3.63, 3.8) is 0 Å². The van der Waals surface area contributed by atoms with E-state index in [4.69, 9.17) is 0 Å². The number of carbonyl (C=O) groups is 1. The topological polar surface area (TPSA) is 32.3 Å². The largest absolute Gasteiger partial charge is 0.378 e. The summed E-state index contributed by atoms with van der Waals surface area (Å²) >= 11 is 0. The van der Waals surface area contributed by atoms with E-state index in [0.29, 0.717) is 0 Å². The van der Waals surface area contributed by atoms with Gasteiger partial charge < -0.3 is 10.2 Å². The maximum Gasteiger partial charge on any atom is 0.243 e. The lowest BCUT2D eigenvalue weighted by molar-refractivity contribution is -0.115. The smallest absolute Gasteiger partial charge is 0.243 e. The average molecular weight is 204 g/mol. The fourth-order valence-electron chi connectivity index (χ4n) is 1.14. The highest BCUT2D eigenvalue weighted by atomic mass is 16.1. The molecule has 0 saturated carbocycles. The van der Waals surface area contributed by atoms with E-state index < -0.39 is 0 Å². The molecule has 0 fully saturated rings. The summed E-state index contributed by atoms with van der Waals surface area (Å²) in [5, 5.41) is 2.53. The van der Waals surface area contributed by atoms with Crippen molar-refractivity contribution in [3.05, 3.63) is 35.9 Å². The zero-order chi connectivity index (χ0) is 11.3. The summed E-state index contributed by atoms with van der Waals surface area (Å²) < 4.78 is 0. The van der Waals surface area contributed by atoms with Crippen molar-refractivity contribution < 1.29 is 4.79 Å². The van der Waals surface area contributed by atoms with Gasteiger partial charge in [-0.2, -0.15) is 0 Å². The molecule has 3 heteroatoms. The molecule has 0 aromatic heterocycles. The second-order valence-corrected chi connectivity index (χ2v) is 3.43. The number of rotatable bonds is 3. The second kappa shape index (κ2) is 5.20. The first-order chi connectivity index (χ1) is 7.13. The molecule has 1 N–H and O–H groups in total. The van der Waals surface area contributed by atoms with Crippen LogP contribution in [0.3, 0.4) is 0 Å². The monoisotopic (exact) mass is 204 g/mol. The third-order valence-corrected chi connectivity index (χ3v) is 2.08. The van der Waals surface area contributed by atoms with Gasteiger partial charge in [-0.3, -0.25) is 4.79 Å². The Morgan fingerprint density at radius 1 is 1.27 bits per heavy atom. The molecule has 0 bridgehead atoms. The lowest BCUT2D eigenvalue weighted by atomic mass is 10.2. The van der Waals surface area contributed by atoms with E-state index in [1.165, 1.54) is 6.08 Å². The summed E-state index contributed by atoms with van der Waals surface area (Å²) in [5.74, 6) is -0.0910. The first kappa shape index (κ1) is 11.3. The molecule has 0 aliphatic heterocycles. The first-order valence-corrected chi connectivity index (χ1v) is 4.80. The molecule has 0 spiro atoms. The normalized spacial score (nSPS) is 10.3. The van der Waals surface area contributed by atoms with Crippen molar-refractivity contribution in [1.82, 2.24) is 5.32 Å². The van der Waals surface area contributed by atoms with Crippen molar-refractivity contribution in [2.45, 2.75) is 0 Å². The summed E-state index contributed by atoms with van der Waals surface area (Å²) in [6, 6.07) is 8.00. The van der Waals surface area contributed by atoms with Gasteiger partial charge in [0.2, 0.25) is 5.91 Å². The van der Waals surface area contributed by atoms with Gasteiger partial charge in [0, 0.05) is 32.9 Å². The van der Waals surface area contributed by atoms with Crippen LogP contribution >= 0.6 is 0 Å². The molecular formula is C12H16N2O. The molecule has 0 atom stereocenters. The standard InChI is InChI=1S/C12H16N2O/c1-13-12(15)9-6-10-4-7-11(8-5-10)14(2)3/h4-9H,1-3H3,(H,13,15)/b9-6-. The molecular weight excluding hydrogens is 188 g/mol. The van der Waals surface area contributed by atoms with Gasteiger partial charge in [0.05, 0.1) is 0 Å². The highest BCUT2D eigenvalue weighted by molar-refractivity contribution is 5.91. The van der Waals surface area contributed by atoms with E-state index in [9.17, 15) is 4.79 Å². The fraction of sp³-hybridized carbons (Fsp3) is 0.250. The van der Waals surface area contributed by atoms with Crippen LogP contribution in [-0.2, 0) is 4.79 Å². The van der Waals surface area contributed by atoms with Crippen LogP contribution in [-0.4, -0.2) is 27.1 Å². The maximum absolute atomic E-state index is 11.0. The molecule has 1 rings (SSSR count). The SMILES string of the molecule is CNC(=O)/C=C\c1ccc(N(C)C)cc1. The minimum Gasteiger partial charge on any atom is -0.378 e. The van der Waals surface area contributed by atoms with E-state index in [0.717, 1.165) is 11.3 Å². The van der Waals surface area contributed by atoms with Gasteiger partial charge in [-0.15, -0.1) is 0 Å². The Bertz CT molecular complexity index is 352. The van der Waals surface area contributed by atoms with E-state index in [2.05, 4.69) is 5.32 Å². The predicted octanol–water partition coefficient (Wildman–Crippen LogP) is 1.51. The lowest BCUT2D eigenvalue weighted by Crippen LogP contribution is -2.13. The zero-order valence-corrected chi connectivity index (χ0v) is 9.32. The fourth-order valence-corrected chi connectivity index (χ4v) is 1.14. The van der Waals surface area contributed by atoms with Crippen LogP contribution in [0, 0.1) is 0 Å². The summed E-state index contributed by atoms with van der Waals surface area (Å²) in [4.78, 5) is 13.0. The van der Waals surface area contributed by atoms with Crippen molar-refractivity contribution >= 4 is 17.7 Å². The third kappa shape index (κ3) is 3.46. The quantitative estimate of drug-likeness (QED) is 0.757. The Labute approximate surface area is 90.4 Å². The molecule has 15 heavy (non-hydrogen) atoms. The number of nitrogens with one attached hydrogen (secondary N) is 1. The van der Waals surface area contributed by atoms with Crippen molar-refractivity contribution in [2.24, 2.45) is 0 Å². The van der Waals surface area contributed by atoms with E-state index >= 15 is 0 Å². The molecule has 0 aliphatic rings. The number of carbonyl (C=O) groups excluding carboxylic acids is 1. The molecule has 1 amide bonds. The van der Waals surface area contributed by atoms with Crippen LogP contribution in [0.15, 0.2) is 30.3 Å². The molecule has 80 valence electrons. The second-order valence-electron chi connectivity index (χ2n) is 3.43. The van der Waals surface area contributed by atoms with Gasteiger partial charge in [0.15, 0.2) is 0 Å². The van der Waals surface area contributed by atoms with Gasteiger partial charge in [-0.1, -0.05) is 12.1 Å². The lowest BCUT2D eigenvalue weighted by Gasteiger charge is -2.11. The molecule has 0 radical (unpaired) electrons. The van der Waals surface area contributed by atoms with E-state index in [1.54, 1.807) is 13.1 Å². The molecule has 0 unspecified atom stereocenters. The van der Waals surface area contributed by atoms with Crippen LogP contribution < -0.4 is 10.2 Å². The number of benzene rings is 1. The summed E-state index contributed by atoms with van der Waals surface area (Å²) in [6.45, 7) is 0. The first-order valence-electron chi connectivity index (χ1n) is 4.80. The molecule has 1 aromatic carbocycles. The van der Waals surface area contributed by atoms with Crippen molar-refractivity contribution in [1.29, 1.82) is 0 Å². The number of likely N-dealkylation sites (N-methyl/N-ethyl adjacent to an activating group) is 1. The summed E-state index contributed by atoms with van der Waals surface area (Å²) in [5.41, 5.74) is 2.16. The summed E-state index contributed by atoms with van der Waals surface area (Å²) in [7, 11) is 5.60. The predicted molar refractivity (Wildman–Crippen MR) is 63.9 cm³/mol. The molecule has 0 aliphatic carbocycles. The van der Waals surface area contributed by atoms with Crippen LogP contribution in [0.5, 0.6) is 0 Å². The number of hydrogen-bond acceptors (Lipinski definition) is 2.